The molecule has 3 saturated heterocycles. The molecular formula is C28H35N5O4. The van der Waals surface area contributed by atoms with E-state index in [1.54, 1.807) is 14.7 Å². The van der Waals surface area contributed by atoms with E-state index in [1.807, 2.05) is 62.4 Å². The third kappa shape index (κ3) is 4.87. The van der Waals surface area contributed by atoms with Gasteiger partial charge in [0.25, 0.3) is 5.91 Å². The minimum Gasteiger partial charge on any atom is -0.378 e. The second kappa shape index (κ2) is 10.4. The van der Waals surface area contributed by atoms with Crippen molar-refractivity contribution in [3.05, 3.63) is 59.7 Å². The molecule has 3 aliphatic rings. The summed E-state index contributed by atoms with van der Waals surface area (Å²) < 4.78 is 5.37. The highest BCUT2D eigenvalue weighted by Crippen LogP contribution is 2.39. The summed E-state index contributed by atoms with van der Waals surface area (Å²) >= 11 is 0. The molecule has 3 heterocycles. The molecule has 0 aliphatic carbocycles. The zero-order valence-corrected chi connectivity index (χ0v) is 21.6. The number of urea groups is 1. The fourth-order valence-electron chi connectivity index (χ4n) is 5.68. The van der Waals surface area contributed by atoms with Crippen molar-refractivity contribution in [1.29, 1.82) is 0 Å². The Kier molecular flexibility index (Phi) is 7.06. The first-order valence-electron chi connectivity index (χ1n) is 13.0. The Bertz CT molecular complexity index is 1140. The van der Waals surface area contributed by atoms with E-state index >= 15 is 0 Å². The summed E-state index contributed by atoms with van der Waals surface area (Å²) in [7, 11) is 0. The molecule has 196 valence electrons. The molecule has 0 atom stereocenters. The van der Waals surface area contributed by atoms with E-state index in [-0.39, 0.29) is 24.4 Å². The summed E-state index contributed by atoms with van der Waals surface area (Å²) in [5.74, 6) is -0.0834. The highest BCUT2D eigenvalue weighted by atomic mass is 16.5. The number of amides is 4. The lowest BCUT2D eigenvalue weighted by Gasteiger charge is -2.43. The average molecular weight is 506 g/mol. The van der Waals surface area contributed by atoms with Gasteiger partial charge in [0.1, 0.15) is 12.1 Å². The van der Waals surface area contributed by atoms with E-state index in [1.165, 1.54) is 0 Å². The van der Waals surface area contributed by atoms with Crippen molar-refractivity contribution >= 4 is 29.2 Å². The predicted octanol–water partition coefficient (Wildman–Crippen LogP) is 2.84. The quantitative estimate of drug-likeness (QED) is 0.691. The summed E-state index contributed by atoms with van der Waals surface area (Å²) in [4.78, 5) is 47.4. The topological polar surface area (TPSA) is 85.4 Å². The van der Waals surface area contributed by atoms with Gasteiger partial charge >= 0.3 is 6.03 Å². The van der Waals surface area contributed by atoms with Crippen molar-refractivity contribution in [3.8, 4) is 0 Å². The molecule has 3 aliphatic heterocycles. The van der Waals surface area contributed by atoms with Crippen LogP contribution in [0.15, 0.2) is 48.5 Å². The number of hydrogen-bond donors (Lipinski definition) is 1. The van der Waals surface area contributed by atoms with Crippen LogP contribution < -0.4 is 10.2 Å². The first kappa shape index (κ1) is 25.1. The lowest BCUT2D eigenvalue weighted by Crippen LogP contribution is -2.58. The summed E-state index contributed by atoms with van der Waals surface area (Å²) in [6.45, 7) is 7.45. The van der Waals surface area contributed by atoms with Gasteiger partial charge in [0, 0.05) is 37.6 Å². The van der Waals surface area contributed by atoms with Crippen molar-refractivity contribution in [2.24, 2.45) is 0 Å². The molecule has 0 bridgehead atoms. The van der Waals surface area contributed by atoms with Crippen LogP contribution in [0.25, 0.3) is 0 Å². The number of aryl methyl sites for hydroxylation is 2. The molecule has 2 aromatic rings. The van der Waals surface area contributed by atoms with Crippen LogP contribution in [-0.4, -0.2) is 90.7 Å². The smallest absolute Gasteiger partial charge is 0.321 e. The van der Waals surface area contributed by atoms with Crippen molar-refractivity contribution in [2.75, 3.05) is 62.8 Å². The van der Waals surface area contributed by atoms with E-state index in [9.17, 15) is 14.4 Å². The number of carbonyl (C=O) groups is 3. The molecular weight excluding hydrogens is 470 g/mol. The molecule has 0 saturated carbocycles. The van der Waals surface area contributed by atoms with Gasteiger partial charge in [-0.05, 0) is 49.9 Å². The van der Waals surface area contributed by atoms with Gasteiger partial charge in [-0.3, -0.25) is 9.59 Å². The van der Waals surface area contributed by atoms with Crippen LogP contribution in [0, 0.1) is 13.8 Å². The van der Waals surface area contributed by atoms with Crippen LogP contribution in [0.4, 0.5) is 16.2 Å². The summed E-state index contributed by atoms with van der Waals surface area (Å²) in [5.41, 5.74) is 3.04. The number of piperidine rings is 1. The fraction of sp³-hybridized carbons (Fsp3) is 0.464. The largest absolute Gasteiger partial charge is 0.378 e. The van der Waals surface area contributed by atoms with Gasteiger partial charge in [0.2, 0.25) is 5.91 Å². The van der Waals surface area contributed by atoms with Crippen LogP contribution in [0.3, 0.4) is 0 Å². The second-order valence-electron chi connectivity index (χ2n) is 10.1. The molecule has 37 heavy (non-hydrogen) atoms. The van der Waals surface area contributed by atoms with Gasteiger partial charge in [-0.1, -0.05) is 36.4 Å². The number of hydrogen-bond acceptors (Lipinski definition) is 5. The SMILES string of the molecule is Cc1cccc(C)c1NC(=O)N1CCC2(CC1)C(=O)N(CC(=O)N1CCOCC1)CN2c1ccccc1. The first-order chi connectivity index (χ1) is 17.9. The number of carbonyl (C=O) groups excluding carboxylic acids is 3. The second-order valence-corrected chi connectivity index (χ2v) is 10.1. The monoisotopic (exact) mass is 505 g/mol. The number of nitrogens with zero attached hydrogens (tertiary/aromatic N) is 4. The van der Waals surface area contributed by atoms with Crippen LogP contribution in [0.1, 0.15) is 24.0 Å². The Balaban J connectivity index is 1.32. The van der Waals surface area contributed by atoms with Gasteiger partial charge in [0.15, 0.2) is 0 Å². The number of likely N-dealkylation sites (tertiary alicyclic amines) is 1. The zero-order chi connectivity index (χ0) is 26.0. The Labute approximate surface area is 217 Å². The molecule has 0 radical (unpaired) electrons. The Morgan fingerprint density at radius 2 is 1.54 bits per heavy atom. The molecule has 1 spiro atoms. The van der Waals surface area contributed by atoms with Gasteiger partial charge < -0.3 is 29.7 Å². The first-order valence-corrected chi connectivity index (χ1v) is 13.0. The number of ether oxygens (including phenoxy) is 1. The molecule has 4 amide bonds. The lowest BCUT2D eigenvalue weighted by molar-refractivity contribution is -0.143. The normalized spacial score (nSPS) is 19.5. The van der Waals surface area contributed by atoms with Gasteiger partial charge in [-0.25, -0.2) is 4.79 Å². The van der Waals surface area contributed by atoms with E-state index in [2.05, 4.69) is 10.2 Å². The third-order valence-corrected chi connectivity index (χ3v) is 7.86. The zero-order valence-electron chi connectivity index (χ0n) is 21.6. The van der Waals surface area contributed by atoms with Crippen LogP contribution in [0.5, 0.6) is 0 Å². The van der Waals surface area contributed by atoms with Gasteiger partial charge in [-0.2, -0.15) is 0 Å². The van der Waals surface area contributed by atoms with Crippen LogP contribution in [0.2, 0.25) is 0 Å². The number of nitrogens with one attached hydrogen (secondary N) is 1. The molecule has 9 nitrogen and oxygen atoms in total. The van der Waals surface area contributed by atoms with Gasteiger partial charge in [0.05, 0.1) is 19.9 Å². The van der Waals surface area contributed by atoms with Crippen LogP contribution in [-0.2, 0) is 14.3 Å². The molecule has 3 fully saturated rings. The van der Waals surface area contributed by atoms with E-state index in [4.69, 9.17) is 4.74 Å². The summed E-state index contributed by atoms with van der Waals surface area (Å²) in [5, 5.41) is 3.07. The van der Waals surface area contributed by atoms with Crippen LogP contribution >= 0.6 is 0 Å². The fourth-order valence-corrected chi connectivity index (χ4v) is 5.68. The minimum absolute atomic E-state index is 0.0345. The average Bonchev–Trinajstić information content (AvgIpc) is 3.18. The Morgan fingerprint density at radius 3 is 2.19 bits per heavy atom. The molecule has 0 unspecified atom stereocenters. The minimum atomic E-state index is -0.776. The molecule has 2 aromatic carbocycles. The maximum atomic E-state index is 13.9. The number of para-hydroxylation sites is 2. The van der Waals surface area contributed by atoms with Gasteiger partial charge in [-0.15, -0.1) is 0 Å². The number of morpholine rings is 1. The number of anilines is 2. The van der Waals surface area contributed by atoms with E-state index in [0.717, 1.165) is 22.5 Å². The van der Waals surface area contributed by atoms with E-state index < -0.39 is 5.54 Å². The molecule has 9 heteroatoms. The summed E-state index contributed by atoms with van der Waals surface area (Å²) in [6, 6.07) is 15.7. The molecule has 0 aromatic heterocycles. The Morgan fingerprint density at radius 1 is 0.892 bits per heavy atom. The van der Waals surface area contributed by atoms with Crippen molar-refractivity contribution < 1.29 is 19.1 Å². The molecule has 1 N–H and O–H groups in total. The van der Waals surface area contributed by atoms with Crippen molar-refractivity contribution in [1.82, 2.24) is 14.7 Å². The predicted molar refractivity (Wildman–Crippen MR) is 141 cm³/mol. The highest BCUT2D eigenvalue weighted by molar-refractivity contribution is 5.97. The lowest BCUT2D eigenvalue weighted by atomic mass is 9.85. The molecule has 5 rings (SSSR count). The number of rotatable bonds is 4. The standard InChI is InChI=1S/C28H35N5O4/c1-21-7-6-8-22(2)25(21)29-27(36)31-13-11-28(12-14-31)26(35)32(19-24(34)30-15-17-37-18-16-30)20-33(28)23-9-4-3-5-10-23/h3-10H,11-20H2,1-2H3,(H,29,36). The Hall–Kier alpha value is -3.59. The highest BCUT2D eigenvalue weighted by Gasteiger charge is 2.54. The van der Waals surface area contributed by atoms with Crippen molar-refractivity contribution in [3.63, 3.8) is 0 Å². The maximum absolute atomic E-state index is 13.9. The third-order valence-electron chi connectivity index (χ3n) is 7.86. The number of benzene rings is 2. The maximum Gasteiger partial charge on any atom is 0.321 e. The van der Waals surface area contributed by atoms with Crippen molar-refractivity contribution in [2.45, 2.75) is 32.2 Å². The van der Waals surface area contributed by atoms with E-state index in [0.29, 0.717) is 58.9 Å². The summed E-state index contributed by atoms with van der Waals surface area (Å²) in [6.07, 6.45) is 1.01.